The Balaban J connectivity index is 1.46. The molecule has 0 amide bonds. The zero-order chi connectivity index (χ0) is 20.8. The van der Waals surface area contributed by atoms with Crippen molar-refractivity contribution in [2.45, 2.75) is 95.9 Å². The highest BCUT2D eigenvalue weighted by atomic mass is 15.5. The van der Waals surface area contributed by atoms with Crippen LogP contribution in [0.4, 0.5) is 11.4 Å². The summed E-state index contributed by atoms with van der Waals surface area (Å²) in [5.41, 5.74) is 2.58. The standard InChI is InChI=1S/C25H39N5/c1-2-3-17-29-23-13-9-10-14-24(23)30(25(29)27-20-26)22-15-18-28(19-16-22)21-11-7-5-4-6-8-12-21/h9-10,13-14,21-22,25,27H,2-8,11-12,15-19H2,1H3. The van der Waals surface area contributed by atoms with Gasteiger partial charge in [0.1, 0.15) is 0 Å². The maximum atomic E-state index is 9.50. The number of hydrogen-bond acceptors (Lipinski definition) is 5. The predicted molar refractivity (Wildman–Crippen MR) is 124 cm³/mol. The fourth-order valence-corrected chi connectivity index (χ4v) is 5.84. The lowest BCUT2D eigenvalue weighted by Gasteiger charge is -2.44. The molecule has 1 aromatic rings. The summed E-state index contributed by atoms with van der Waals surface area (Å²) in [6.45, 7) is 5.62. The molecule has 5 nitrogen and oxygen atoms in total. The van der Waals surface area contributed by atoms with Crippen LogP contribution in [0.25, 0.3) is 0 Å². The van der Waals surface area contributed by atoms with Gasteiger partial charge >= 0.3 is 0 Å². The van der Waals surface area contributed by atoms with Crippen LogP contribution in [0.3, 0.4) is 0 Å². The predicted octanol–water partition coefficient (Wildman–Crippen LogP) is 5.04. The Morgan fingerprint density at radius 1 is 0.933 bits per heavy atom. The van der Waals surface area contributed by atoms with Gasteiger partial charge in [-0.2, -0.15) is 5.26 Å². The molecule has 2 fully saturated rings. The van der Waals surface area contributed by atoms with Crippen LogP contribution in [0.5, 0.6) is 0 Å². The van der Waals surface area contributed by atoms with Crippen molar-refractivity contribution in [3.63, 3.8) is 0 Å². The van der Waals surface area contributed by atoms with Gasteiger partial charge in [-0.15, -0.1) is 0 Å². The first-order valence-electron chi connectivity index (χ1n) is 12.4. The molecule has 2 aliphatic heterocycles. The maximum absolute atomic E-state index is 9.50. The molecule has 0 bridgehead atoms. The monoisotopic (exact) mass is 409 g/mol. The van der Waals surface area contributed by atoms with Gasteiger partial charge in [-0.1, -0.05) is 57.6 Å². The molecule has 1 saturated carbocycles. The average Bonchev–Trinajstić information content (AvgIpc) is 3.06. The lowest BCUT2D eigenvalue weighted by Crippen LogP contribution is -2.58. The first-order valence-corrected chi connectivity index (χ1v) is 12.4. The molecule has 1 N–H and O–H groups in total. The number of anilines is 2. The number of rotatable bonds is 6. The van der Waals surface area contributed by atoms with Crippen molar-refractivity contribution >= 4 is 11.4 Å². The molecule has 1 aliphatic carbocycles. The number of nitriles is 1. The molecule has 3 aliphatic rings. The molecule has 1 aromatic carbocycles. The largest absolute Gasteiger partial charge is 0.332 e. The van der Waals surface area contributed by atoms with Crippen molar-refractivity contribution in [2.75, 3.05) is 29.4 Å². The van der Waals surface area contributed by atoms with Crippen LogP contribution in [0.1, 0.15) is 77.6 Å². The topological polar surface area (TPSA) is 45.5 Å². The molecular weight excluding hydrogens is 370 g/mol. The number of likely N-dealkylation sites (tertiary alicyclic amines) is 1. The molecule has 2 heterocycles. The van der Waals surface area contributed by atoms with E-state index in [2.05, 4.69) is 57.4 Å². The summed E-state index contributed by atoms with van der Waals surface area (Å²) < 4.78 is 0. The van der Waals surface area contributed by atoms with Gasteiger partial charge in [0.15, 0.2) is 12.5 Å². The van der Waals surface area contributed by atoms with E-state index in [1.54, 1.807) is 0 Å². The van der Waals surface area contributed by atoms with E-state index in [1.807, 2.05) is 0 Å². The van der Waals surface area contributed by atoms with Crippen LogP contribution in [-0.2, 0) is 0 Å². The van der Waals surface area contributed by atoms with Crippen molar-refractivity contribution in [3.05, 3.63) is 24.3 Å². The van der Waals surface area contributed by atoms with Gasteiger partial charge in [0.2, 0.25) is 0 Å². The molecular formula is C25H39N5. The highest BCUT2D eigenvalue weighted by Crippen LogP contribution is 2.42. The first-order chi connectivity index (χ1) is 14.8. The second-order valence-corrected chi connectivity index (χ2v) is 9.34. The molecule has 1 saturated heterocycles. The quantitative estimate of drug-likeness (QED) is 0.526. The maximum Gasteiger partial charge on any atom is 0.187 e. The zero-order valence-corrected chi connectivity index (χ0v) is 18.7. The summed E-state index contributed by atoms with van der Waals surface area (Å²) in [5, 5.41) is 12.6. The molecule has 5 heteroatoms. The highest BCUT2D eigenvalue weighted by Gasteiger charge is 2.40. The second kappa shape index (κ2) is 10.4. The lowest BCUT2D eigenvalue weighted by molar-refractivity contribution is 0.126. The van der Waals surface area contributed by atoms with Gasteiger partial charge in [-0.3, -0.25) is 5.32 Å². The summed E-state index contributed by atoms with van der Waals surface area (Å²) in [6.07, 6.45) is 16.8. The molecule has 0 spiro atoms. The minimum absolute atomic E-state index is 0.0445. The number of nitrogens with one attached hydrogen (secondary N) is 1. The van der Waals surface area contributed by atoms with E-state index in [-0.39, 0.29) is 6.29 Å². The summed E-state index contributed by atoms with van der Waals surface area (Å²) in [5.74, 6) is 0. The van der Waals surface area contributed by atoms with Crippen molar-refractivity contribution in [1.82, 2.24) is 10.2 Å². The van der Waals surface area contributed by atoms with Crippen LogP contribution in [0, 0.1) is 11.5 Å². The normalized spacial score (nSPS) is 24.2. The Morgan fingerprint density at radius 2 is 1.60 bits per heavy atom. The Hall–Kier alpha value is -1.93. The third-order valence-electron chi connectivity index (χ3n) is 7.46. The smallest absolute Gasteiger partial charge is 0.187 e. The third-order valence-corrected chi connectivity index (χ3v) is 7.46. The van der Waals surface area contributed by atoms with Crippen LogP contribution < -0.4 is 15.1 Å². The average molecular weight is 410 g/mol. The Labute approximate surface area is 183 Å². The van der Waals surface area contributed by atoms with Crippen molar-refractivity contribution in [1.29, 1.82) is 5.26 Å². The van der Waals surface area contributed by atoms with E-state index >= 15 is 0 Å². The molecule has 1 unspecified atom stereocenters. The van der Waals surface area contributed by atoms with Gasteiger partial charge in [-0.05, 0) is 44.2 Å². The Bertz CT molecular complexity index is 698. The second-order valence-electron chi connectivity index (χ2n) is 9.34. The number of fused-ring (bicyclic) bond motifs is 1. The number of unbranched alkanes of at least 4 members (excludes halogenated alkanes) is 1. The van der Waals surface area contributed by atoms with E-state index in [4.69, 9.17) is 0 Å². The number of nitrogens with zero attached hydrogens (tertiary/aromatic N) is 4. The minimum Gasteiger partial charge on any atom is -0.332 e. The molecule has 0 aromatic heterocycles. The van der Waals surface area contributed by atoms with Crippen LogP contribution in [-0.4, -0.2) is 42.9 Å². The number of piperidine rings is 1. The molecule has 30 heavy (non-hydrogen) atoms. The molecule has 1 atom stereocenters. The number of para-hydroxylation sites is 2. The summed E-state index contributed by atoms with van der Waals surface area (Å²) in [7, 11) is 0. The van der Waals surface area contributed by atoms with E-state index in [9.17, 15) is 5.26 Å². The number of hydrogen-bond donors (Lipinski definition) is 1. The van der Waals surface area contributed by atoms with Gasteiger partial charge in [-0.25, -0.2) is 0 Å². The Morgan fingerprint density at radius 3 is 2.27 bits per heavy atom. The third kappa shape index (κ3) is 4.54. The van der Waals surface area contributed by atoms with Crippen LogP contribution in [0.2, 0.25) is 0 Å². The van der Waals surface area contributed by atoms with Gasteiger partial charge in [0, 0.05) is 31.7 Å². The van der Waals surface area contributed by atoms with E-state index in [1.165, 1.54) is 82.3 Å². The van der Waals surface area contributed by atoms with Crippen molar-refractivity contribution in [3.8, 4) is 6.19 Å². The SMILES string of the molecule is CCCCN1c2ccccc2N(C2CCN(C3CCCCCCC3)CC2)C1NC#N. The van der Waals surface area contributed by atoms with Crippen molar-refractivity contribution < 1.29 is 0 Å². The minimum atomic E-state index is -0.0445. The summed E-state index contributed by atoms with van der Waals surface area (Å²) >= 11 is 0. The molecule has 164 valence electrons. The fraction of sp³-hybridized carbons (Fsp3) is 0.720. The van der Waals surface area contributed by atoms with E-state index in [0.717, 1.165) is 25.4 Å². The number of benzene rings is 1. The summed E-state index contributed by atoms with van der Waals surface area (Å²) in [4.78, 5) is 7.71. The first kappa shape index (κ1) is 21.3. The van der Waals surface area contributed by atoms with Gasteiger partial charge < -0.3 is 14.7 Å². The summed E-state index contributed by atoms with van der Waals surface area (Å²) in [6, 6.07) is 10.0. The fourth-order valence-electron chi connectivity index (χ4n) is 5.84. The van der Waals surface area contributed by atoms with E-state index in [0.29, 0.717) is 6.04 Å². The zero-order valence-electron chi connectivity index (χ0n) is 18.7. The van der Waals surface area contributed by atoms with Crippen molar-refractivity contribution in [2.24, 2.45) is 0 Å². The van der Waals surface area contributed by atoms with Crippen LogP contribution in [0.15, 0.2) is 24.3 Å². The molecule has 4 rings (SSSR count). The van der Waals surface area contributed by atoms with Gasteiger partial charge in [0.25, 0.3) is 0 Å². The van der Waals surface area contributed by atoms with Gasteiger partial charge in [0.05, 0.1) is 11.4 Å². The molecule has 0 radical (unpaired) electrons. The van der Waals surface area contributed by atoms with E-state index < -0.39 is 0 Å². The Kier molecular flexibility index (Phi) is 7.38. The highest BCUT2D eigenvalue weighted by molar-refractivity contribution is 5.78. The van der Waals surface area contributed by atoms with Crippen LogP contribution >= 0.6 is 0 Å². The lowest BCUT2D eigenvalue weighted by atomic mass is 9.93.